The van der Waals surface area contributed by atoms with Crippen LogP contribution in [0.25, 0.3) is 0 Å². The zero-order valence-corrected chi connectivity index (χ0v) is 11.6. The predicted molar refractivity (Wildman–Crippen MR) is 77.0 cm³/mol. The first-order valence-electron chi connectivity index (χ1n) is 6.96. The van der Waals surface area contributed by atoms with Crippen LogP contribution in [0.4, 0.5) is 0 Å². The summed E-state index contributed by atoms with van der Waals surface area (Å²) in [6, 6.07) is 0. The number of nitrogens with two attached hydrogens (primary N) is 1. The van der Waals surface area contributed by atoms with Gasteiger partial charge in [0.1, 0.15) is 0 Å². The van der Waals surface area contributed by atoms with Gasteiger partial charge in [-0.05, 0) is 49.9 Å². The van der Waals surface area contributed by atoms with Crippen LogP contribution in [0.1, 0.15) is 26.2 Å². The number of nitrogens with zero attached hydrogens (tertiary/aromatic N) is 1. The SMILES string of the molecule is C/C=C1\C/C(=C\CN)N(C)C=C1C1CCNCC1. The quantitative estimate of drug-likeness (QED) is 0.784. The lowest BCUT2D eigenvalue weighted by molar-refractivity contribution is 0.405. The molecule has 0 aromatic carbocycles. The molecule has 3 heteroatoms. The molecule has 0 saturated carbocycles. The van der Waals surface area contributed by atoms with Crippen molar-refractivity contribution in [2.24, 2.45) is 11.7 Å². The van der Waals surface area contributed by atoms with Crippen molar-refractivity contribution in [1.82, 2.24) is 10.2 Å². The topological polar surface area (TPSA) is 41.3 Å². The fourth-order valence-corrected chi connectivity index (χ4v) is 2.92. The van der Waals surface area contributed by atoms with Crippen LogP contribution in [0.3, 0.4) is 0 Å². The second kappa shape index (κ2) is 6.21. The summed E-state index contributed by atoms with van der Waals surface area (Å²) in [6.07, 6.45) is 10.3. The molecule has 2 aliphatic rings. The van der Waals surface area contributed by atoms with Crippen molar-refractivity contribution < 1.29 is 0 Å². The molecule has 0 aromatic rings. The highest BCUT2D eigenvalue weighted by Gasteiger charge is 2.24. The van der Waals surface area contributed by atoms with E-state index in [9.17, 15) is 0 Å². The molecule has 100 valence electrons. The van der Waals surface area contributed by atoms with Crippen LogP contribution in [0.5, 0.6) is 0 Å². The highest BCUT2D eigenvalue weighted by Crippen LogP contribution is 2.35. The third kappa shape index (κ3) is 2.85. The van der Waals surface area contributed by atoms with Crippen LogP contribution < -0.4 is 11.1 Å². The Balaban J connectivity index is 2.22. The molecule has 0 radical (unpaired) electrons. The zero-order chi connectivity index (χ0) is 13.0. The summed E-state index contributed by atoms with van der Waals surface area (Å²) in [5.74, 6) is 0.722. The average Bonchev–Trinajstić information content (AvgIpc) is 2.42. The van der Waals surface area contributed by atoms with E-state index in [0.29, 0.717) is 6.54 Å². The Hall–Kier alpha value is -1.06. The van der Waals surface area contributed by atoms with Gasteiger partial charge in [0.05, 0.1) is 0 Å². The molecule has 2 rings (SSSR count). The van der Waals surface area contributed by atoms with Crippen LogP contribution >= 0.6 is 0 Å². The standard InChI is InChI=1S/C15H25N3/c1-3-12-10-14(4-7-16)18(2)11-15(12)13-5-8-17-9-6-13/h3-4,11,13,17H,5-10,16H2,1-2H3/b12-3+,14-4+. The van der Waals surface area contributed by atoms with E-state index >= 15 is 0 Å². The monoisotopic (exact) mass is 247 g/mol. The minimum absolute atomic E-state index is 0.618. The molecule has 0 unspecified atom stereocenters. The van der Waals surface area contributed by atoms with Crippen molar-refractivity contribution in [2.75, 3.05) is 26.7 Å². The van der Waals surface area contributed by atoms with E-state index in [-0.39, 0.29) is 0 Å². The predicted octanol–water partition coefficient (Wildman–Crippen LogP) is 1.99. The van der Waals surface area contributed by atoms with Crippen LogP contribution in [0.15, 0.2) is 35.2 Å². The van der Waals surface area contributed by atoms with Crippen LogP contribution in [-0.4, -0.2) is 31.6 Å². The van der Waals surface area contributed by atoms with Gasteiger partial charge in [-0.25, -0.2) is 0 Å². The molecule has 0 bridgehead atoms. The first-order valence-corrected chi connectivity index (χ1v) is 6.96. The van der Waals surface area contributed by atoms with Gasteiger partial charge >= 0.3 is 0 Å². The Morgan fingerprint density at radius 3 is 2.78 bits per heavy atom. The first-order chi connectivity index (χ1) is 8.76. The minimum atomic E-state index is 0.618. The fourth-order valence-electron chi connectivity index (χ4n) is 2.92. The molecule has 3 N–H and O–H groups in total. The summed E-state index contributed by atoms with van der Waals surface area (Å²) < 4.78 is 0. The third-order valence-corrected chi connectivity index (χ3v) is 4.01. The normalized spacial score (nSPS) is 26.8. The minimum Gasteiger partial charge on any atom is -0.354 e. The van der Waals surface area contributed by atoms with Crippen molar-refractivity contribution in [2.45, 2.75) is 26.2 Å². The maximum Gasteiger partial charge on any atom is 0.0187 e. The maximum absolute atomic E-state index is 5.63. The lowest BCUT2D eigenvalue weighted by Gasteiger charge is -2.34. The van der Waals surface area contributed by atoms with Gasteiger partial charge < -0.3 is 16.0 Å². The Bertz CT molecular complexity index is 373. The summed E-state index contributed by atoms with van der Waals surface area (Å²) in [6.45, 7) is 5.06. The lowest BCUT2D eigenvalue weighted by Crippen LogP contribution is -2.31. The van der Waals surface area contributed by atoms with Crippen molar-refractivity contribution in [1.29, 1.82) is 0 Å². The largest absolute Gasteiger partial charge is 0.354 e. The zero-order valence-electron chi connectivity index (χ0n) is 11.6. The van der Waals surface area contributed by atoms with Crippen molar-refractivity contribution in [3.8, 4) is 0 Å². The van der Waals surface area contributed by atoms with Gasteiger partial charge in [0.2, 0.25) is 0 Å². The molecule has 0 aliphatic carbocycles. The number of rotatable bonds is 2. The number of piperidine rings is 1. The number of nitrogens with one attached hydrogen (secondary N) is 1. The van der Waals surface area contributed by atoms with Crippen molar-refractivity contribution in [3.05, 3.63) is 35.2 Å². The highest BCUT2D eigenvalue weighted by atomic mass is 15.1. The van der Waals surface area contributed by atoms with Gasteiger partial charge in [-0.15, -0.1) is 0 Å². The second-order valence-electron chi connectivity index (χ2n) is 5.14. The summed E-state index contributed by atoms with van der Waals surface area (Å²) >= 11 is 0. The van der Waals surface area contributed by atoms with Gasteiger partial charge in [0, 0.05) is 31.9 Å². The molecule has 3 nitrogen and oxygen atoms in total. The van der Waals surface area contributed by atoms with Crippen LogP contribution in [0.2, 0.25) is 0 Å². The lowest BCUT2D eigenvalue weighted by atomic mass is 9.82. The Morgan fingerprint density at radius 2 is 2.17 bits per heavy atom. The third-order valence-electron chi connectivity index (χ3n) is 4.01. The van der Waals surface area contributed by atoms with E-state index in [1.807, 2.05) is 0 Å². The summed E-state index contributed by atoms with van der Waals surface area (Å²) in [5.41, 5.74) is 9.98. The molecular formula is C15H25N3. The van der Waals surface area contributed by atoms with Gasteiger partial charge in [-0.3, -0.25) is 0 Å². The molecule has 2 aliphatic heterocycles. The molecule has 18 heavy (non-hydrogen) atoms. The van der Waals surface area contributed by atoms with Gasteiger partial charge in [-0.1, -0.05) is 12.2 Å². The van der Waals surface area contributed by atoms with Crippen molar-refractivity contribution >= 4 is 0 Å². The van der Waals surface area contributed by atoms with Gasteiger partial charge in [0.25, 0.3) is 0 Å². The van der Waals surface area contributed by atoms with E-state index in [2.05, 4.69) is 42.5 Å². The molecule has 0 aromatic heterocycles. The Morgan fingerprint density at radius 1 is 1.44 bits per heavy atom. The maximum atomic E-state index is 5.63. The van der Waals surface area contributed by atoms with E-state index in [4.69, 9.17) is 5.73 Å². The van der Waals surface area contributed by atoms with E-state index < -0.39 is 0 Å². The van der Waals surface area contributed by atoms with Crippen LogP contribution in [0, 0.1) is 5.92 Å². The first kappa shape index (κ1) is 13.4. The van der Waals surface area contributed by atoms with Crippen LogP contribution in [-0.2, 0) is 0 Å². The molecular weight excluding hydrogens is 222 g/mol. The smallest absolute Gasteiger partial charge is 0.0187 e. The summed E-state index contributed by atoms with van der Waals surface area (Å²) in [5, 5.41) is 3.44. The summed E-state index contributed by atoms with van der Waals surface area (Å²) in [7, 11) is 2.13. The Kier molecular flexibility index (Phi) is 4.61. The highest BCUT2D eigenvalue weighted by molar-refractivity contribution is 5.40. The molecule has 0 atom stereocenters. The number of allylic oxidation sites excluding steroid dienone is 3. The van der Waals surface area contributed by atoms with Gasteiger partial charge in [-0.2, -0.15) is 0 Å². The molecule has 1 saturated heterocycles. The fraction of sp³-hybridized carbons (Fsp3) is 0.600. The van der Waals surface area contributed by atoms with E-state index in [0.717, 1.165) is 25.4 Å². The van der Waals surface area contributed by atoms with E-state index in [1.165, 1.54) is 29.7 Å². The molecule has 1 fully saturated rings. The number of hydrogen-bond donors (Lipinski definition) is 2. The summed E-state index contributed by atoms with van der Waals surface area (Å²) in [4.78, 5) is 2.25. The Labute approximate surface area is 110 Å². The second-order valence-corrected chi connectivity index (χ2v) is 5.14. The van der Waals surface area contributed by atoms with E-state index in [1.54, 1.807) is 0 Å². The number of hydrogen-bond acceptors (Lipinski definition) is 3. The molecule has 2 heterocycles. The van der Waals surface area contributed by atoms with Crippen molar-refractivity contribution in [3.63, 3.8) is 0 Å². The van der Waals surface area contributed by atoms with Gasteiger partial charge in [0.15, 0.2) is 0 Å². The molecule has 0 amide bonds. The average molecular weight is 247 g/mol. The molecule has 0 spiro atoms.